The topological polar surface area (TPSA) is 94.5 Å². The first-order valence-corrected chi connectivity index (χ1v) is 9.81. The van der Waals surface area contributed by atoms with Crippen molar-refractivity contribution in [1.82, 2.24) is 4.90 Å². The van der Waals surface area contributed by atoms with E-state index in [1.54, 1.807) is 32.9 Å². The van der Waals surface area contributed by atoms with Gasteiger partial charge in [-0.2, -0.15) is 0 Å². The molecule has 1 aliphatic heterocycles. The number of hydrogen-bond acceptors (Lipinski definition) is 6. The molecule has 0 aromatic heterocycles. The summed E-state index contributed by atoms with van der Waals surface area (Å²) in [6, 6.07) is 13.1. The fourth-order valence-corrected chi connectivity index (χ4v) is 3.62. The zero-order valence-corrected chi connectivity index (χ0v) is 18.2. The van der Waals surface area contributed by atoms with E-state index in [1.165, 1.54) is 20.3 Å². The fraction of sp³-hybridized carbons (Fsp3) is 0.391. The first kappa shape index (κ1) is 22.4. The summed E-state index contributed by atoms with van der Waals surface area (Å²) in [6.45, 7) is 5.12. The van der Waals surface area contributed by atoms with Gasteiger partial charge >= 0.3 is 12.1 Å². The number of nitrogens with zero attached hydrogens (tertiary/aromatic N) is 1. The Hall–Kier alpha value is -3.26. The van der Waals surface area contributed by atoms with Crippen LogP contribution in [0.2, 0.25) is 0 Å². The van der Waals surface area contributed by atoms with E-state index in [0.29, 0.717) is 5.75 Å². The second kappa shape index (κ2) is 8.47. The van der Waals surface area contributed by atoms with Crippen LogP contribution in [-0.2, 0) is 20.0 Å². The number of benzene rings is 2. The third kappa shape index (κ3) is 4.16. The predicted molar refractivity (Wildman–Crippen MR) is 112 cm³/mol. The highest BCUT2D eigenvalue weighted by Crippen LogP contribution is 2.48. The predicted octanol–water partition coefficient (Wildman–Crippen LogP) is 3.95. The lowest BCUT2D eigenvalue weighted by Crippen LogP contribution is -2.53. The molecule has 1 saturated heterocycles. The Morgan fingerprint density at radius 3 is 2.32 bits per heavy atom. The van der Waals surface area contributed by atoms with E-state index >= 15 is 0 Å². The summed E-state index contributed by atoms with van der Waals surface area (Å²) < 4.78 is 22.2. The first-order chi connectivity index (χ1) is 14.6. The maximum Gasteiger partial charge on any atom is 0.413 e. The number of carboxylic acids is 1. The van der Waals surface area contributed by atoms with Crippen molar-refractivity contribution >= 4 is 12.1 Å². The number of ether oxygens (including phenoxy) is 4. The van der Waals surface area contributed by atoms with Crippen LogP contribution in [0.15, 0.2) is 48.5 Å². The summed E-state index contributed by atoms with van der Waals surface area (Å²) in [5.74, 6) is -0.674. The van der Waals surface area contributed by atoms with Gasteiger partial charge in [-0.3, -0.25) is 4.90 Å². The highest BCUT2D eigenvalue weighted by atomic mass is 16.6. The second-order valence-corrected chi connectivity index (χ2v) is 8.10. The number of aliphatic carboxylic acids is 1. The number of methoxy groups -OCH3 is 2. The highest BCUT2D eigenvalue weighted by Gasteiger charge is 2.60. The number of carbonyl (C=O) groups is 2. The Kier molecular flexibility index (Phi) is 6.13. The Morgan fingerprint density at radius 1 is 1.10 bits per heavy atom. The molecule has 1 N–H and O–H groups in total. The number of rotatable bonds is 5. The van der Waals surface area contributed by atoms with Crippen molar-refractivity contribution in [2.45, 2.75) is 38.1 Å². The molecule has 1 amide bonds. The molecule has 0 spiro atoms. The summed E-state index contributed by atoms with van der Waals surface area (Å²) in [5, 5.41) is 10.4. The van der Waals surface area contributed by atoms with Crippen molar-refractivity contribution in [1.29, 1.82) is 0 Å². The lowest BCUT2D eigenvalue weighted by molar-refractivity contribution is -0.178. The van der Waals surface area contributed by atoms with Crippen LogP contribution in [-0.4, -0.2) is 48.5 Å². The van der Waals surface area contributed by atoms with Crippen LogP contribution in [0, 0.1) is 0 Å². The van der Waals surface area contributed by atoms with Crippen molar-refractivity contribution in [3.05, 3.63) is 59.7 Å². The second-order valence-electron chi connectivity index (χ2n) is 8.10. The van der Waals surface area contributed by atoms with Crippen LogP contribution in [0.3, 0.4) is 0 Å². The molecule has 3 rings (SSSR count). The maximum atomic E-state index is 13.4. The standard InChI is InChI=1S/C23H27NO7/c1-22(2,3)31-21(27)24-18(15-9-7-6-8-10-15)14-30-23(24,20(25)26)17-12-11-16(28-4)13-19(17)29-5/h6-13,18H,14H2,1-5H3,(H,25,26)/t18-,23?/m1/s1. The van der Waals surface area contributed by atoms with Gasteiger partial charge in [0.1, 0.15) is 17.1 Å². The zero-order valence-electron chi connectivity index (χ0n) is 18.2. The minimum absolute atomic E-state index is 0.0370. The van der Waals surface area contributed by atoms with E-state index < -0.39 is 29.4 Å². The van der Waals surface area contributed by atoms with Gasteiger partial charge in [-0.05, 0) is 38.5 Å². The van der Waals surface area contributed by atoms with Crippen LogP contribution >= 0.6 is 0 Å². The van der Waals surface area contributed by atoms with E-state index in [-0.39, 0.29) is 17.9 Å². The minimum atomic E-state index is -2.15. The molecule has 2 aromatic carbocycles. The maximum absolute atomic E-state index is 13.4. The number of hydrogen-bond donors (Lipinski definition) is 1. The van der Waals surface area contributed by atoms with Crippen LogP contribution in [0.4, 0.5) is 4.79 Å². The quantitative estimate of drug-likeness (QED) is 0.769. The van der Waals surface area contributed by atoms with Crippen LogP contribution < -0.4 is 9.47 Å². The van der Waals surface area contributed by atoms with E-state index in [1.807, 2.05) is 30.3 Å². The monoisotopic (exact) mass is 429 g/mol. The SMILES string of the molecule is COc1ccc(C2(C(=O)O)OC[C@H](c3ccccc3)N2C(=O)OC(C)(C)C)c(OC)c1. The molecule has 1 fully saturated rings. The minimum Gasteiger partial charge on any atom is -0.497 e. The summed E-state index contributed by atoms with van der Waals surface area (Å²) in [4.78, 5) is 27.2. The molecular weight excluding hydrogens is 402 g/mol. The summed E-state index contributed by atoms with van der Waals surface area (Å²) in [6.07, 6.45) is -0.806. The molecule has 0 bridgehead atoms. The summed E-state index contributed by atoms with van der Waals surface area (Å²) in [7, 11) is 2.90. The van der Waals surface area contributed by atoms with Gasteiger partial charge in [-0.1, -0.05) is 30.3 Å². The molecule has 0 saturated carbocycles. The number of amides is 1. The molecule has 8 nitrogen and oxygen atoms in total. The lowest BCUT2D eigenvalue weighted by atomic mass is 9.97. The molecule has 166 valence electrons. The molecule has 1 unspecified atom stereocenters. The average Bonchev–Trinajstić information content (AvgIpc) is 3.14. The Morgan fingerprint density at radius 2 is 1.77 bits per heavy atom. The van der Waals surface area contributed by atoms with Crippen LogP contribution in [0.1, 0.15) is 37.9 Å². The van der Waals surface area contributed by atoms with Crippen LogP contribution in [0.5, 0.6) is 11.5 Å². The molecule has 2 aromatic rings. The normalized spacial score (nSPS) is 20.9. The number of carbonyl (C=O) groups excluding carboxylic acids is 1. The third-order valence-electron chi connectivity index (χ3n) is 4.94. The van der Waals surface area contributed by atoms with Gasteiger partial charge in [0.15, 0.2) is 0 Å². The van der Waals surface area contributed by atoms with Gasteiger partial charge in [0.2, 0.25) is 0 Å². The highest BCUT2D eigenvalue weighted by molar-refractivity contribution is 5.86. The molecule has 31 heavy (non-hydrogen) atoms. The smallest absolute Gasteiger partial charge is 0.413 e. The first-order valence-electron chi connectivity index (χ1n) is 9.81. The van der Waals surface area contributed by atoms with E-state index in [9.17, 15) is 14.7 Å². The Balaban J connectivity index is 2.22. The summed E-state index contributed by atoms with van der Waals surface area (Å²) >= 11 is 0. The Bertz CT molecular complexity index is 954. The molecule has 1 aliphatic rings. The van der Waals surface area contributed by atoms with Gasteiger partial charge < -0.3 is 24.1 Å². The molecule has 2 atom stereocenters. The molecule has 0 aliphatic carbocycles. The molecule has 1 heterocycles. The van der Waals surface area contributed by atoms with Crippen molar-refractivity contribution in [3.63, 3.8) is 0 Å². The van der Waals surface area contributed by atoms with Gasteiger partial charge in [0.05, 0.1) is 32.4 Å². The molecule has 8 heteroatoms. The third-order valence-corrected chi connectivity index (χ3v) is 4.94. The van der Waals surface area contributed by atoms with Gasteiger partial charge in [-0.15, -0.1) is 0 Å². The van der Waals surface area contributed by atoms with E-state index in [0.717, 1.165) is 10.5 Å². The zero-order chi connectivity index (χ0) is 22.8. The lowest BCUT2D eigenvalue weighted by Gasteiger charge is -2.37. The van der Waals surface area contributed by atoms with Gasteiger partial charge in [-0.25, -0.2) is 9.59 Å². The van der Waals surface area contributed by atoms with Crippen LogP contribution in [0.25, 0.3) is 0 Å². The molecular formula is C23H27NO7. The largest absolute Gasteiger partial charge is 0.497 e. The average molecular weight is 429 g/mol. The van der Waals surface area contributed by atoms with Gasteiger partial charge in [0, 0.05) is 6.07 Å². The van der Waals surface area contributed by atoms with Crippen molar-refractivity contribution in [3.8, 4) is 11.5 Å². The molecule has 0 radical (unpaired) electrons. The van der Waals surface area contributed by atoms with Crippen molar-refractivity contribution in [2.24, 2.45) is 0 Å². The van der Waals surface area contributed by atoms with E-state index in [4.69, 9.17) is 18.9 Å². The van der Waals surface area contributed by atoms with Crippen molar-refractivity contribution < 1.29 is 33.6 Å². The number of carboxylic acid groups (broad SMARTS) is 1. The summed E-state index contributed by atoms with van der Waals surface area (Å²) in [5.41, 5.74) is -2.10. The Labute approximate surface area is 181 Å². The van der Waals surface area contributed by atoms with Gasteiger partial charge in [0.25, 0.3) is 5.72 Å². The van der Waals surface area contributed by atoms with Crippen molar-refractivity contribution in [2.75, 3.05) is 20.8 Å². The fourth-order valence-electron chi connectivity index (χ4n) is 3.62. The van der Waals surface area contributed by atoms with E-state index in [2.05, 4.69) is 0 Å².